The third kappa shape index (κ3) is 2.13. The molecule has 7 heteroatoms. The zero-order valence-electron chi connectivity index (χ0n) is 8.90. The molecule has 0 amide bonds. The Kier molecular flexibility index (Phi) is 3.04. The molecule has 2 aromatic heterocycles. The Hall–Kier alpha value is -1.63. The molecule has 0 aliphatic carbocycles. The van der Waals surface area contributed by atoms with Gasteiger partial charge in [0.1, 0.15) is 11.6 Å². The second-order valence-electron chi connectivity index (χ2n) is 3.11. The molecule has 0 spiro atoms. The normalized spacial score (nSPS) is 10.2. The second-order valence-corrected chi connectivity index (χ2v) is 3.96. The topological polar surface area (TPSA) is 67.7 Å². The summed E-state index contributed by atoms with van der Waals surface area (Å²) < 4.78 is 2.54. The molecule has 0 atom stereocenters. The van der Waals surface area contributed by atoms with Gasteiger partial charge in [-0.25, -0.2) is 4.98 Å². The zero-order valence-corrected chi connectivity index (χ0v) is 10.5. The largest absolute Gasteiger partial charge is 0.372 e. The zero-order chi connectivity index (χ0) is 11.5. The van der Waals surface area contributed by atoms with E-state index >= 15 is 0 Å². The molecular formula is C9H11BrN6. The fourth-order valence-electron chi connectivity index (χ4n) is 1.21. The van der Waals surface area contributed by atoms with Gasteiger partial charge in [-0.15, -0.1) is 0 Å². The van der Waals surface area contributed by atoms with Crippen LogP contribution in [0.5, 0.6) is 0 Å². The van der Waals surface area contributed by atoms with Crippen molar-refractivity contribution in [2.75, 3.05) is 17.7 Å². The summed E-state index contributed by atoms with van der Waals surface area (Å²) in [5.74, 6) is 2.10. The fourth-order valence-corrected chi connectivity index (χ4v) is 1.60. The Morgan fingerprint density at radius 1 is 1.44 bits per heavy atom. The van der Waals surface area contributed by atoms with Crippen molar-refractivity contribution in [3.05, 3.63) is 22.9 Å². The standard InChI is InChI=1S/C9H11BrN6/c1-11-8-6(10)5-12-9(15-8)14-7-3-4-13-16(7)2/h3-5H,1-2H3,(H2,11,12,14,15). The van der Waals surface area contributed by atoms with Gasteiger partial charge in [-0.3, -0.25) is 4.68 Å². The van der Waals surface area contributed by atoms with Crippen LogP contribution in [-0.2, 0) is 7.05 Å². The van der Waals surface area contributed by atoms with Crippen LogP contribution >= 0.6 is 15.9 Å². The lowest BCUT2D eigenvalue weighted by atomic mass is 10.5. The van der Waals surface area contributed by atoms with E-state index in [4.69, 9.17) is 0 Å². The number of anilines is 3. The molecule has 2 rings (SSSR count). The maximum absolute atomic E-state index is 4.29. The van der Waals surface area contributed by atoms with Crippen LogP contribution in [-0.4, -0.2) is 26.8 Å². The molecule has 0 saturated carbocycles. The monoisotopic (exact) mass is 282 g/mol. The molecule has 0 aliphatic heterocycles. The van der Waals surface area contributed by atoms with Gasteiger partial charge in [0, 0.05) is 26.4 Å². The van der Waals surface area contributed by atoms with Gasteiger partial charge in [-0.2, -0.15) is 10.1 Å². The van der Waals surface area contributed by atoms with Crippen LogP contribution < -0.4 is 10.6 Å². The highest BCUT2D eigenvalue weighted by molar-refractivity contribution is 9.10. The first-order valence-corrected chi connectivity index (χ1v) is 5.45. The van der Waals surface area contributed by atoms with Crippen molar-refractivity contribution < 1.29 is 0 Å². The number of nitrogens with zero attached hydrogens (tertiary/aromatic N) is 4. The third-order valence-electron chi connectivity index (χ3n) is 2.04. The third-order valence-corrected chi connectivity index (χ3v) is 2.62. The van der Waals surface area contributed by atoms with Crippen molar-refractivity contribution in [1.82, 2.24) is 19.7 Å². The molecule has 16 heavy (non-hydrogen) atoms. The van der Waals surface area contributed by atoms with E-state index in [1.165, 1.54) is 0 Å². The maximum Gasteiger partial charge on any atom is 0.230 e. The smallest absolute Gasteiger partial charge is 0.230 e. The SMILES string of the molecule is CNc1nc(Nc2ccnn2C)ncc1Br. The highest BCUT2D eigenvalue weighted by atomic mass is 79.9. The average Bonchev–Trinajstić information content (AvgIpc) is 2.67. The van der Waals surface area contributed by atoms with E-state index < -0.39 is 0 Å². The molecule has 0 aromatic carbocycles. The van der Waals surface area contributed by atoms with Crippen molar-refractivity contribution in [3.63, 3.8) is 0 Å². The summed E-state index contributed by atoms with van der Waals surface area (Å²) in [5.41, 5.74) is 0. The minimum Gasteiger partial charge on any atom is -0.372 e. The first-order valence-electron chi connectivity index (χ1n) is 4.66. The van der Waals surface area contributed by atoms with E-state index in [0.29, 0.717) is 5.95 Å². The van der Waals surface area contributed by atoms with E-state index in [2.05, 4.69) is 41.6 Å². The van der Waals surface area contributed by atoms with Gasteiger partial charge < -0.3 is 10.6 Å². The predicted octanol–water partition coefficient (Wildman–Crippen LogP) is 1.76. The molecule has 84 valence electrons. The number of aryl methyl sites for hydroxylation is 1. The second kappa shape index (κ2) is 4.48. The predicted molar refractivity (Wildman–Crippen MR) is 65.8 cm³/mol. The number of halogens is 1. The number of hydrogen-bond donors (Lipinski definition) is 2. The van der Waals surface area contributed by atoms with Crippen molar-refractivity contribution in [2.45, 2.75) is 0 Å². The highest BCUT2D eigenvalue weighted by Gasteiger charge is 2.05. The summed E-state index contributed by atoms with van der Waals surface area (Å²) in [6.45, 7) is 0. The average molecular weight is 283 g/mol. The molecule has 0 unspecified atom stereocenters. The highest BCUT2D eigenvalue weighted by Crippen LogP contribution is 2.20. The van der Waals surface area contributed by atoms with Crippen LogP contribution in [0.1, 0.15) is 0 Å². The fraction of sp³-hybridized carbons (Fsp3) is 0.222. The summed E-state index contributed by atoms with van der Waals surface area (Å²) >= 11 is 3.35. The summed E-state index contributed by atoms with van der Waals surface area (Å²) in [5, 5.41) is 10.1. The van der Waals surface area contributed by atoms with Gasteiger partial charge in [-0.05, 0) is 15.9 Å². The van der Waals surface area contributed by atoms with Crippen LogP contribution in [0, 0.1) is 0 Å². The van der Waals surface area contributed by atoms with Gasteiger partial charge in [0.05, 0.1) is 10.7 Å². The number of hydrogen-bond acceptors (Lipinski definition) is 5. The number of aromatic nitrogens is 4. The summed E-state index contributed by atoms with van der Waals surface area (Å²) in [4.78, 5) is 8.44. The minimum atomic E-state index is 0.524. The minimum absolute atomic E-state index is 0.524. The van der Waals surface area contributed by atoms with Crippen LogP contribution in [0.15, 0.2) is 22.9 Å². The van der Waals surface area contributed by atoms with Gasteiger partial charge in [-0.1, -0.05) is 0 Å². The van der Waals surface area contributed by atoms with Crippen molar-refractivity contribution in [1.29, 1.82) is 0 Å². The molecule has 0 fully saturated rings. The molecule has 6 nitrogen and oxygen atoms in total. The molecular weight excluding hydrogens is 272 g/mol. The Morgan fingerprint density at radius 2 is 2.25 bits per heavy atom. The lowest BCUT2D eigenvalue weighted by molar-refractivity contribution is 0.775. The Bertz CT molecular complexity index is 494. The first kappa shape index (κ1) is 10.9. The molecule has 0 bridgehead atoms. The van der Waals surface area contributed by atoms with Gasteiger partial charge >= 0.3 is 0 Å². The van der Waals surface area contributed by atoms with E-state index in [9.17, 15) is 0 Å². The van der Waals surface area contributed by atoms with Crippen molar-refractivity contribution in [2.24, 2.45) is 7.05 Å². The molecule has 0 aliphatic rings. The van der Waals surface area contributed by atoms with Gasteiger partial charge in [0.2, 0.25) is 5.95 Å². The maximum atomic E-state index is 4.29. The Morgan fingerprint density at radius 3 is 2.88 bits per heavy atom. The van der Waals surface area contributed by atoms with Crippen LogP contribution in [0.2, 0.25) is 0 Å². The summed E-state index contributed by atoms with van der Waals surface area (Å²) in [6.07, 6.45) is 3.40. The lowest BCUT2D eigenvalue weighted by Gasteiger charge is -2.07. The Balaban J connectivity index is 2.25. The van der Waals surface area contributed by atoms with Crippen LogP contribution in [0.25, 0.3) is 0 Å². The number of nitrogens with one attached hydrogen (secondary N) is 2. The molecule has 2 heterocycles. The Labute approximate surface area is 101 Å². The molecule has 0 radical (unpaired) electrons. The molecule has 2 N–H and O–H groups in total. The lowest BCUT2D eigenvalue weighted by Crippen LogP contribution is -2.04. The van der Waals surface area contributed by atoms with Gasteiger partial charge in [0.25, 0.3) is 0 Å². The van der Waals surface area contributed by atoms with Crippen molar-refractivity contribution in [3.8, 4) is 0 Å². The van der Waals surface area contributed by atoms with E-state index in [1.807, 2.05) is 13.1 Å². The van der Waals surface area contributed by atoms with E-state index in [0.717, 1.165) is 16.1 Å². The molecule has 0 saturated heterocycles. The van der Waals surface area contributed by atoms with E-state index in [1.54, 1.807) is 24.1 Å². The van der Waals surface area contributed by atoms with Crippen LogP contribution in [0.3, 0.4) is 0 Å². The number of rotatable bonds is 3. The van der Waals surface area contributed by atoms with E-state index in [-0.39, 0.29) is 0 Å². The first-order chi connectivity index (χ1) is 7.70. The molecule has 2 aromatic rings. The summed E-state index contributed by atoms with van der Waals surface area (Å²) in [7, 11) is 3.65. The van der Waals surface area contributed by atoms with Gasteiger partial charge in [0.15, 0.2) is 0 Å². The van der Waals surface area contributed by atoms with Crippen molar-refractivity contribution >= 4 is 33.5 Å². The quantitative estimate of drug-likeness (QED) is 0.898. The van der Waals surface area contributed by atoms with Crippen LogP contribution in [0.4, 0.5) is 17.6 Å². The summed E-state index contributed by atoms with van der Waals surface area (Å²) in [6, 6.07) is 1.85.